The van der Waals surface area contributed by atoms with Crippen molar-refractivity contribution in [2.75, 3.05) is 10.6 Å². The highest BCUT2D eigenvalue weighted by molar-refractivity contribution is 7.16. The van der Waals surface area contributed by atoms with Crippen molar-refractivity contribution in [2.45, 2.75) is 6.17 Å². The molecule has 5 nitrogen and oxygen atoms in total. The number of hydrogen-bond acceptors (Lipinski definition) is 6. The first kappa shape index (κ1) is 12.3. The van der Waals surface area contributed by atoms with Gasteiger partial charge in [-0.15, -0.1) is 0 Å². The smallest absolute Gasteiger partial charge is 0.182 e. The van der Waals surface area contributed by atoms with Gasteiger partial charge in [0.2, 0.25) is 0 Å². The topological polar surface area (TPSA) is 80.5 Å². The maximum absolute atomic E-state index is 13.2. The van der Waals surface area contributed by atoms with Crippen molar-refractivity contribution in [1.29, 1.82) is 0 Å². The van der Waals surface area contributed by atoms with Crippen molar-refractivity contribution in [1.82, 2.24) is 4.98 Å². The summed E-state index contributed by atoms with van der Waals surface area (Å²) in [6, 6.07) is 4.37. The maximum Gasteiger partial charge on any atom is 0.182 e. The summed E-state index contributed by atoms with van der Waals surface area (Å²) < 4.78 is 13.2. The molecule has 19 heavy (non-hydrogen) atoms. The van der Waals surface area contributed by atoms with Crippen LogP contribution in [0, 0.1) is 5.82 Å². The summed E-state index contributed by atoms with van der Waals surface area (Å²) in [6.45, 7) is 0. The van der Waals surface area contributed by atoms with E-state index in [0.717, 1.165) is 4.88 Å². The predicted molar refractivity (Wildman–Crippen MR) is 75.5 cm³/mol. The fraction of sp³-hybridized carbons (Fsp3) is 0.0909. The van der Waals surface area contributed by atoms with Gasteiger partial charge in [-0.25, -0.2) is 14.4 Å². The second-order valence-electron chi connectivity index (χ2n) is 3.94. The second-order valence-corrected chi connectivity index (χ2v) is 5.40. The lowest BCUT2D eigenvalue weighted by molar-refractivity contribution is 0.627. The van der Waals surface area contributed by atoms with Crippen LogP contribution in [-0.2, 0) is 0 Å². The largest absolute Gasteiger partial charge is 0.375 e. The molecule has 0 bridgehead atoms. The van der Waals surface area contributed by atoms with Gasteiger partial charge >= 0.3 is 0 Å². The summed E-state index contributed by atoms with van der Waals surface area (Å²) >= 11 is 7.05. The number of hydrogen-bond donors (Lipinski definition) is 2. The zero-order valence-corrected chi connectivity index (χ0v) is 11.1. The lowest BCUT2D eigenvalue weighted by atomic mass is 10.2. The van der Waals surface area contributed by atoms with E-state index in [0.29, 0.717) is 16.6 Å². The fourth-order valence-electron chi connectivity index (χ4n) is 1.81. The predicted octanol–water partition coefficient (Wildman–Crippen LogP) is 2.66. The third-order valence-electron chi connectivity index (χ3n) is 2.73. The van der Waals surface area contributed by atoms with Crippen LogP contribution in [0.4, 0.5) is 21.0 Å². The highest BCUT2D eigenvalue weighted by Gasteiger charge is 2.26. The molecule has 1 atom stereocenters. The van der Waals surface area contributed by atoms with Gasteiger partial charge in [-0.2, -0.15) is 0 Å². The minimum Gasteiger partial charge on any atom is -0.375 e. The molecule has 0 fully saturated rings. The van der Waals surface area contributed by atoms with Gasteiger partial charge in [-0.05, 0) is 18.2 Å². The summed E-state index contributed by atoms with van der Waals surface area (Å²) in [5.74, 6) is 0.0510. The molecular weight excluding hydrogens is 289 g/mol. The SMILES string of the molecule is Nc1nc2c(s1)C(N)N(c1ccc(F)c(Cl)c1)C=N2. The molecule has 8 heteroatoms. The number of anilines is 2. The van der Waals surface area contributed by atoms with E-state index in [-0.39, 0.29) is 5.02 Å². The summed E-state index contributed by atoms with van der Waals surface area (Å²) in [6.07, 6.45) is 1.07. The quantitative estimate of drug-likeness (QED) is 0.848. The minimum atomic E-state index is -0.476. The lowest BCUT2D eigenvalue weighted by Crippen LogP contribution is -2.34. The van der Waals surface area contributed by atoms with E-state index in [2.05, 4.69) is 9.98 Å². The van der Waals surface area contributed by atoms with Crippen molar-refractivity contribution in [3.63, 3.8) is 0 Å². The molecule has 2 aromatic rings. The van der Waals surface area contributed by atoms with Gasteiger partial charge in [-0.3, -0.25) is 0 Å². The third kappa shape index (κ3) is 2.05. The number of nitrogens with two attached hydrogens (primary N) is 2. The molecule has 1 unspecified atom stereocenters. The Kier molecular flexibility index (Phi) is 2.89. The van der Waals surface area contributed by atoms with E-state index in [1.807, 2.05) is 0 Å². The molecule has 98 valence electrons. The van der Waals surface area contributed by atoms with Crippen LogP contribution in [0.5, 0.6) is 0 Å². The van der Waals surface area contributed by atoms with Crippen LogP contribution in [0.15, 0.2) is 23.2 Å². The molecule has 0 saturated carbocycles. The number of halogens is 2. The van der Waals surface area contributed by atoms with Gasteiger partial charge in [0, 0.05) is 5.69 Å². The molecule has 0 spiro atoms. The molecular formula is C11H9ClFN5S. The van der Waals surface area contributed by atoms with Crippen molar-refractivity contribution < 1.29 is 4.39 Å². The third-order valence-corrected chi connectivity index (χ3v) is 3.96. The standard InChI is InChI=1S/C11H9ClFN5S/c12-6-3-5(1-2-7(6)13)18-4-16-10-8(9(18)14)19-11(15)17-10/h1-4,9H,14H2,(H2,15,17). The van der Waals surface area contributed by atoms with E-state index in [9.17, 15) is 4.39 Å². The van der Waals surface area contributed by atoms with Crippen LogP contribution in [-0.4, -0.2) is 11.3 Å². The molecule has 1 aliphatic heterocycles. The molecule has 0 saturated heterocycles. The molecule has 0 aliphatic carbocycles. The monoisotopic (exact) mass is 297 g/mol. The average molecular weight is 298 g/mol. The Morgan fingerprint density at radius 2 is 2.21 bits per heavy atom. The van der Waals surface area contributed by atoms with E-state index in [1.165, 1.54) is 29.8 Å². The number of fused-ring (bicyclic) bond motifs is 1. The minimum absolute atomic E-state index is 0.0349. The molecule has 2 heterocycles. The summed E-state index contributed by atoms with van der Waals surface area (Å²) in [5.41, 5.74) is 12.4. The van der Waals surface area contributed by atoms with Gasteiger partial charge in [0.1, 0.15) is 12.0 Å². The van der Waals surface area contributed by atoms with Crippen LogP contribution in [0.1, 0.15) is 11.0 Å². The van der Waals surface area contributed by atoms with Crippen LogP contribution in [0.25, 0.3) is 0 Å². The van der Waals surface area contributed by atoms with Crippen LogP contribution >= 0.6 is 22.9 Å². The molecule has 0 amide bonds. The van der Waals surface area contributed by atoms with Gasteiger partial charge in [0.05, 0.1) is 16.2 Å². The molecule has 1 aromatic heterocycles. The Bertz CT molecular complexity index is 671. The van der Waals surface area contributed by atoms with E-state index in [1.54, 1.807) is 11.0 Å². The number of nitrogen functional groups attached to an aromatic ring is 1. The first-order chi connectivity index (χ1) is 9.06. The average Bonchev–Trinajstić information content (AvgIpc) is 2.75. The second kappa shape index (κ2) is 4.44. The number of rotatable bonds is 1. The fourth-order valence-corrected chi connectivity index (χ4v) is 2.77. The highest BCUT2D eigenvalue weighted by Crippen LogP contribution is 2.38. The van der Waals surface area contributed by atoms with Crippen molar-refractivity contribution >= 4 is 45.9 Å². The van der Waals surface area contributed by atoms with Gasteiger partial charge in [0.25, 0.3) is 0 Å². The summed E-state index contributed by atoms with van der Waals surface area (Å²) in [4.78, 5) is 10.7. The maximum atomic E-state index is 13.2. The van der Waals surface area contributed by atoms with Crippen LogP contribution < -0.4 is 16.4 Å². The zero-order chi connectivity index (χ0) is 13.6. The number of aromatic nitrogens is 1. The number of aliphatic imine (C=N–C) groups is 1. The van der Waals surface area contributed by atoms with Gasteiger partial charge in [-0.1, -0.05) is 22.9 Å². The molecule has 4 N–H and O–H groups in total. The lowest BCUT2D eigenvalue weighted by Gasteiger charge is -2.28. The van der Waals surface area contributed by atoms with Crippen LogP contribution in [0.3, 0.4) is 0 Å². The Morgan fingerprint density at radius 3 is 2.95 bits per heavy atom. The van der Waals surface area contributed by atoms with Crippen LogP contribution in [0.2, 0.25) is 5.02 Å². The first-order valence-corrected chi connectivity index (χ1v) is 6.55. The molecule has 1 aromatic carbocycles. The van der Waals surface area contributed by atoms with Crippen molar-refractivity contribution in [3.05, 3.63) is 33.9 Å². The molecule has 1 aliphatic rings. The number of thiazole rings is 1. The van der Waals surface area contributed by atoms with E-state index < -0.39 is 12.0 Å². The number of nitrogens with zero attached hydrogens (tertiary/aromatic N) is 3. The van der Waals surface area contributed by atoms with Gasteiger partial charge < -0.3 is 16.4 Å². The number of benzene rings is 1. The summed E-state index contributed by atoms with van der Waals surface area (Å²) in [5, 5.41) is 0.448. The Labute approximate surface area is 117 Å². The summed E-state index contributed by atoms with van der Waals surface area (Å²) in [7, 11) is 0. The Balaban J connectivity index is 2.01. The first-order valence-electron chi connectivity index (χ1n) is 5.35. The van der Waals surface area contributed by atoms with E-state index >= 15 is 0 Å². The van der Waals surface area contributed by atoms with E-state index in [4.69, 9.17) is 23.1 Å². The Hall–Kier alpha value is -1.70. The zero-order valence-electron chi connectivity index (χ0n) is 9.55. The molecule has 0 radical (unpaired) electrons. The Morgan fingerprint density at radius 1 is 1.42 bits per heavy atom. The molecule has 3 rings (SSSR count). The normalized spacial score (nSPS) is 17.6. The van der Waals surface area contributed by atoms with Crippen molar-refractivity contribution in [3.8, 4) is 0 Å². The highest BCUT2D eigenvalue weighted by atomic mass is 35.5. The van der Waals surface area contributed by atoms with Gasteiger partial charge in [0.15, 0.2) is 10.9 Å². The van der Waals surface area contributed by atoms with Crippen molar-refractivity contribution in [2.24, 2.45) is 10.7 Å².